The highest BCUT2D eigenvalue weighted by molar-refractivity contribution is 8.00. The lowest BCUT2D eigenvalue weighted by atomic mass is 10.1. The number of carbonyl (C=O) groups is 1. The minimum absolute atomic E-state index is 0.122. The molecule has 9 heteroatoms. The number of anilines is 1. The van der Waals surface area contributed by atoms with Crippen molar-refractivity contribution >= 4 is 23.4 Å². The molecule has 31 heavy (non-hydrogen) atoms. The maximum absolute atomic E-state index is 13.3. The first-order valence-electron chi connectivity index (χ1n) is 9.48. The van der Waals surface area contributed by atoms with Crippen LogP contribution in [-0.2, 0) is 11.0 Å². The van der Waals surface area contributed by atoms with Crippen molar-refractivity contribution in [3.05, 3.63) is 66.4 Å². The van der Waals surface area contributed by atoms with Crippen LogP contribution in [0.3, 0.4) is 0 Å². The lowest BCUT2D eigenvalue weighted by Crippen LogP contribution is -2.23. The molecule has 3 aromatic rings. The lowest BCUT2D eigenvalue weighted by molar-refractivity contribution is -0.141. The number of hydrogen-bond acceptors (Lipinski definition) is 5. The number of aromatic nitrogens is 2. The molecule has 0 saturated heterocycles. The van der Waals surface area contributed by atoms with Crippen molar-refractivity contribution in [1.29, 1.82) is 0 Å². The number of amides is 1. The Morgan fingerprint density at radius 3 is 2.39 bits per heavy atom. The molecule has 1 heterocycles. The van der Waals surface area contributed by atoms with Gasteiger partial charge in [0.1, 0.15) is 11.4 Å². The highest BCUT2D eigenvalue weighted by Gasteiger charge is 2.34. The van der Waals surface area contributed by atoms with Crippen LogP contribution in [0.15, 0.2) is 65.8 Å². The van der Waals surface area contributed by atoms with Gasteiger partial charge in [-0.2, -0.15) is 13.2 Å². The second-order valence-corrected chi connectivity index (χ2v) is 7.80. The van der Waals surface area contributed by atoms with E-state index in [2.05, 4.69) is 15.3 Å². The Morgan fingerprint density at radius 1 is 1.10 bits per heavy atom. The molecule has 0 spiro atoms. The molecule has 1 unspecified atom stereocenters. The van der Waals surface area contributed by atoms with Crippen LogP contribution in [0.5, 0.6) is 5.75 Å². The van der Waals surface area contributed by atoms with Gasteiger partial charge in [-0.25, -0.2) is 9.97 Å². The average molecular weight is 447 g/mol. The van der Waals surface area contributed by atoms with Gasteiger partial charge in [0, 0.05) is 11.3 Å². The van der Waals surface area contributed by atoms with E-state index in [1.165, 1.54) is 0 Å². The van der Waals surface area contributed by atoms with Gasteiger partial charge in [-0.3, -0.25) is 4.79 Å². The SMILES string of the molecule is CCOc1ccc(NC(=O)C(C)Sc2nc(-c3ccccc3)cc(C(F)(F)F)n2)cc1. The van der Waals surface area contributed by atoms with E-state index in [-0.39, 0.29) is 16.8 Å². The predicted octanol–water partition coefficient (Wildman–Crippen LogP) is 5.68. The summed E-state index contributed by atoms with van der Waals surface area (Å²) in [7, 11) is 0. The summed E-state index contributed by atoms with van der Waals surface area (Å²) in [6.45, 7) is 3.98. The number of hydrogen-bond donors (Lipinski definition) is 1. The number of alkyl halides is 3. The largest absolute Gasteiger partial charge is 0.494 e. The third kappa shape index (κ3) is 6.21. The van der Waals surface area contributed by atoms with Gasteiger partial charge in [-0.1, -0.05) is 42.1 Å². The van der Waals surface area contributed by atoms with Crippen LogP contribution in [0.2, 0.25) is 0 Å². The summed E-state index contributed by atoms with van der Waals surface area (Å²) >= 11 is 0.862. The van der Waals surface area contributed by atoms with E-state index in [0.717, 1.165) is 17.8 Å². The fourth-order valence-electron chi connectivity index (χ4n) is 2.64. The second-order valence-electron chi connectivity index (χ2n) is 6.49. The fourth-order valence-corrected chi connectivity index (χ4v) is 3.42. The van der Waals surface area contributed by atoms with Gasteiger partial charge in [0.15, 0.2) is 5.16 Å². The van der Waals surface area contributed by atoms with E-state index in [1.54, 1.807) is 61.5 Å². The Labute approximate surface area is 182 Å². The first kappa shape index (κ1) is 22.6. The molecule has 0 bridgehead atoms. The monoisotopic (exact) mass is 447 g/mol. The number of benzene rings is 2. The molecule has 0 aliphatic heterocycles. The summed E-state index contributed by atoms with van der Waals surface area (Å²) < 4.78 is 45.4. The van der Waals surface area contributed by atoms with E-state index in [9.17, 15) is 18.0 Å². The Kier molecular flexibility index (Phi) is 7.17. The molecule has 0 fully saturated rings. The second kappa shape index (κ2) is 9.82. The summed E-state index contributed by atoms with van der Waals surface area (Å²) in [4.78, 5) is 20.4. The Bertz CT molecular complexity index is 1030. The summed E-state index contributed by atoms with van der Waals surface area (Å²) in [6.07, 6.45) is -4.63. The van der Waals surface area contributed by atoms with Crippen molar-refractivity contribution in [3.63, 3.8) is 0 Å². The topological polar surface area (TPSA) is 64.1 Å². The van der Waals surface area contributed by atoms with Crippen molar-refractivity contribution in [1.82, 2.24) is 9.97 Å². The molecule has 1 atom stereocenters. The Balaban J connectivity index is 1.77. The van der Waals surface area contributed by atoms with Gasteiger partial charge in [-0.05, 0) is 44.2 Å². The van der Waals surface area contributed by atoms with Crippen LogP contribution in [0.4, 0.5) is 18.9 Å². The molecule has 3 rings (SSSR count). The van der Waals surface area contributed by atoms with Crippen LogP contribution < -0.4 is 10.1 Å². The van der Waals surface area contributed by atoms with Gasteiger partial charge in [0.25, 0.3) is 0 Å². The number of thioether (sulfide) groups is 1. The first-order valence-corrected chi connectivity index (χ1v) is 10.4. The summed E-state index contributed by atoms with van der Waals surface area (Å²) in [5.74, 6) is 0.296. The zero-order valence-electron chi connectivity index (χ0n) is 16.8. The molecular weight excluding hydrogens is 427 g/mol. The molecule has 1 N–H and O–H groups in total. The maximum atomic E-state index is 13.3. The molecule has 1 amide bonds. The first-order chi connectivity index (χ1) is 14.8. The minimum atomic E-state index is -4.63. The Morgan fingerprint density at radius 2 is 1.77 bits per heavy atom. The number of rotatable bonds is 7. The highest BCUT2D eigenvalue weighted by atomic mass is 32.2. The summed E-state index contributed by atoms with van der Waals surface area (Å²) in [5.41, 5.74) is 0.173. The van der Waals surface area contributed by atoms with Gasteiger partial charge in [0.05, 0.1) is 17.6 Å². The normalized spacial score (nSPS) is 12.3. The molecule has 0 aliphatic rings. The average Bonchev–Trinajstić information content (AvgIpc) is 2.75. The standard InChI is InChI=1S/C22H20F3N3O2S/c1-3-30-17-11-9-16(10-12-17)26-20(29)14(2)31-21-27-18(15-7-5-4-6-8-15)13-19(28-21)22(23,24)25/h4-14H,3H2,1-2H3,(H,26,29). The van der Waals surface area contributed by atoms with Crippen molar-refractivity contribution in [2.45, 2.75) is 30.4 Å². The zero-order chi connectivity index (χ0) is 22.4. The quantitative estimate of drug-likeness (QED) is 0.373. The number of carbonyl (C=O) groups excluding carboxylic acids is 1. The zero-order valence-corrected chi connectivity index (χ0v) is 17.6. The molecule has 0 radical (unpaired) electrons. The summed E-state index contributed by atoms with van der Waals surface area (Å²) in [5, 5.41) is 1.88. The summed E-state index contributed by atoms with van der Waals surface area (Å²) in [6, 6.07) is 16.2. The molecule has 1 aromatic heterocycles. The van der Waals surface area contributed by atoms with Crippen LogP contribution >= 0.6 is 11.8 Å². The van der Waals surface area contributed by atoms with Gasteiger partial charge in [-0.15, -0.1) is 0 Å². The van der Waals surface area contributed by atoms with E-state index >= 15 is 0 Å². The minimum Gasteiger partial charge on any atom is -0.494 e. The van der Waals surface area contributed by atoms with Gasteiger partial charge >= 0.3 is 6.18 Å². The molecule has 0 saturated carbocycles. The number of halogens is 3. The number of ether oxygens (including phenoxy) is 1. The van der Waals surface area contributed by atoms with Crippen LogP contribution in [0.1, 0.15) is 19.5 Å². The van der Waals surface area contributed by atoms with E-state index in [0.29, 0.717) is 23.6 Å². The van der Waals surface area contributed by atoms with Crippen molar-refractivity contribution in [3.8, 4) is 17.0 Å². The fraction of sp³-hybridized carbons (Fsp3) is 0.227. The van der Waals surface area contributed by atoms with Crippen LogP contribution in [0.25, 0.3) is 11.3 Å². The molecule has 0 aliphatic carbocycles. The Hall–Kier alpha value is -3.07. The molecule has 2 aromatic carbocycles. The lowest BCUT2D eigenvalue weighted by Gasteiger charge is -2.14. The van der Waals surface area contributed by atoms with Crippen molar-refractivity contribution in [2.75, 3.05) is 11.9 Å². The highest BCUT2D eigenvalue weighted by Crippen LogP contribution is 2.33. The number of nitrogens with one attached hydrogen (secondary N) is 1. The van der Waals surface area contributed by atoms with Gasteiger partial charge in [0.2, 0.25) is 5.91 Å². The van der Waals surface area contributed by atoms with E-state index in [1.807, 2.05) is 6.92 Å². The van der Waals surface area contributed by atoms with E-state index < -0.39 is 17.1 Å². The van der Waals surface area contributed by atoms with Crippen LogP contribution in [0, 0.1) is 0 Å². The molecule has 162 valence electrons. The third-order valence-electron chi connectivity index (χ3n) is 4.15. The predicted molar refractivity (Wildman–Crippen MR) is 114 cm³/mol. The molecular formula is C22H20F3N3O2S. The molecule has 5 nitrogen and oxygen atoms in total. The van der Waals surface area contributed by atoms with Gasteiger partial charge < -0.3 is 10.1 Å². The number of nitrogens with zero attached hydrogens (tertiary/aromatic N) is 2. The van der Waals surface area contributed by atoms with E-state index in [4.69, 9.17) is 4.74 Å². The van der Waals surface area contributed by atoms with Crippen molar-refractivity contribution in [2.24, 2.45) is 0 Å². The third-order valence-corrected chi connectivity index (χ3v) is 5.11. The van der Waals surface area contributed by atoms with Crippen LogP contribution in [-0.4, -0.2) is 27.7 Å². The van der Waals surface area contributed by atoms with Crippen molar-refractivity contribution < 1.29 is 22.7 Å². The maximum Gasteiger partial charge on any atom is 0.433 e. The smallest absolute Gasteiger partial charge is 0.433 e.